The summed E-state index contributed by atoms with van der Waals surface area (Å²) in [6.07, 6.45) is 2.52. The van der Waals surface area contributed by atoms with E-state index in [0.29, 0.717) is 12.2 Å². The minimum atomic E-state index is 0.636. The van der Waals surface area contributed by atoms with E-state index in [9.17, 15) is 0 Å². The van der Waals surface area contributed by atoms with Crippen molar-refractivity contribution < 1.29 is 0 Å². The number of nitrogens with zero attached hydrogens (tertiary/aromatic N) is 3. The maximum Gasteiger partial charge on any atom is 0.178 e. The van der Waals surface area contributed by atoms with E-state index in [4.69, 9.17) is 10.7 Å². The van der Waals surface area contributed by atoms with Gasteiger partial charge in [0.15, 0.2) is 5.82 Å². The number of hydrogen-bond acceptors (Lipinski definition) is 4. The number of para-hydroxylation sites is 2. The average molecular weight is 312 g/mol. The Hall–Kier alpha value is -3.27. The molecule has 0 atom stereocenters. The zero-order valence-electron chi connectivity index (χ0n) is 13.1. The number of aromatic nitrogens is 3. The number of benzene rings is 2. The number of fused-ring (bicyclic) bond motifs is 1. The van der Waals surface area contributed by atoms with Gasteiger partial charge in [0, 0.05) is 29.4 Å². The Morgan fingerprint density at radius 1 is 0.792 bits per heavy atom. The number of nitrogens with two attached hydrogens (primary N) is 1. The largest absolute Gasteiger partial charge is 0.398 e. The molecule has 0 aliphatic rings. The van der Waals surface area contributed by atoms with Crippen LogP contribution >= 0.6 is 0 Å². The van der Waals surface area contributed by atoms with Gasteiger partial charge in [0.05, 0.1) is 5.52 Å². The first kappa shape index (κ1) is 14.3. The van der Waals surface area contributed by atoms with E-state index in [-0.39, 0.29) is 0 Å². The zero-order valence-corrected chi connectivity index (χ0v) is 13.1. The molecule has 0 aliphatic carbocycles. The van der Waals surface area contributed by atoms with Crippen LogP contribution in [0.5, 0.6) is 0 Å². The second-order valence-corrected chi connectivity index (χ2v) is 5.64. The van der Waals surface area contributed by atoms with Crippen LogP contribution in [-0.2, 0) is 6.42 Å². The van der Waals surface area contributed by atoms with E-state index in [2.05, 4.69) is 9.97 Å². The molecule has 2 heterocycles. The van der Waals surface area contributed by atoms with Crippen LogP contribution in [0.15, 0.2) is 72.9 Å². The summed E-state index contributed by atoms with van der Waals surface area (Å²) in [5.41, 5.74) is 10.5. The molecule has 2 N–H and O–H groups in total. The highest BCUT2D eigenvalue weighted by molar-refractivity contribution is 5.79. The van der Waals surface area contributed by atoms with Crippen LogP contribution in [0.1, 0.15) is 11.3 Å². The number of pyridine rings is 1. The quantitative estimate of drug-likeness (QED) is 0.583. The summed E-state index contributed by atoms with van der Waals surface area (Å²) in [5, 5.41) is 1.02. The summed E-state index contributed by atoms with van der Waals surface area (Å²) < 4.78 is 0. The lowest BCUT2D eigenvalue weighted by Gasteiger charge is -2.07. The summed E-state index contributed by atoms with van der Waals surface area (Å²) in [6.45, 7) is 0. The molecular formula is C20H16N4. The van der Waals surface area contributed by atoms with Gasteiger partial charge in [0.25, 0.3) is 0 Å². The number of nitrogen functional groups attached to an aromatic ring is 1. The number of hydrogen-bond donors (Lipinski definition) is 1. The maximum atomic E-state index is 6.03. The van der Waals surface area contributed by atoms with Crippen LogP contribution in [0, 0.1) is 0 Å². The minimum Gasteiger partial charge on any atom is -0.398 e. The van der Waals surface area contributed by atoms with E-state index in [1.54, 1.807) is 0 Å². The topological polar surface area (TPSA) is 64.7 Å². The van der Waals surface area contributed by atoms with Crippen molar-refractivity contribution in [3.05, 3.63) is 84.2 Å². The predicted octanol–water partition coefficient (Wildman–Crippen LogP) is 3.86. The molecule has 0 saturated heterocycles. The lowest BCUT2D eigenvalue weighted by molar-refractivity contribution is 1.06. The van der Waals surface area contributed by atoms with Crippen LogP contribution in [0.4, 0.5) is 5.69 Å². The Labute approximate surface area is 140 Å². The molecule has 24 heavy (non-hydrogen) atoms. The van der Waals surface area contributed by atoms with Crippen LogP contribution in [0.25, 0.3) is 22.4 Å². The summed E-state index contributed by atoms with van der Waals surface area (Å²) in [4.78, 5) is 13.8. The second-order valence-electron chi connectivity index (χ2n) is 5.64. The van der Waals surface area contributed by atoms with Crippen LogP contribution in [-0.4, -0.2) is 15.0 Å². The Bertz CT molecular complexity index is 1010. The number of anilines is 1. The summed E-state index contributed by atoms with van der Waals surface area (Å²) in [5.74, 6) is 0.636. The highest BCUT2D eigenvalue weighted by Crippen LogP contribution is 2.19. The molecule has 2 aromatic carbocycles. The highest BCUT2D eigenvalue weighted by Gasteiger charge is 2.07. The van der Waals surface area contributed by atoms with Gasteiger partial charge in [-0.3, -0.25) is 0 Å². The van der Waals surface area contributed by atoms with E-state index < -0.39 is 0 Å². The van der Waals surface area contributed by atoms with Gasteiger partial charge in [-0.15, -0.1) is 0 Å². The molecule has 2 aromatic heterocycles. The fourth-order valence-electron chi connectivity index (χ4n) is 2.69. The van der Waals surface area contributed by atoms with Gasteiger partial charge in [0.2, 0.25) is 0 Å². The molecule has 0 unspecified atom stereocenters. The lowest BCUT2D eigenvalue weighted by Crippen LogP contribution is -1.99. The van der Waals surface area contributed by atoms with Crippen LogP contribution in [0.3, 0.4) is 0 Å². The molecule has 0 saturated carbocycles. The molecule has 4 heteroatoms. The van der Waals surface area contributed by atoms with Crippen LogP contribution in [0.2, 0.25) is 0 Å². The van der Waals surface area contributed by atoms with Gasteiger partial charge >= 0.3 is 0 Å². The molecular weight excluding hydrogens is 296 g/mol. The first-order valence-electron chi connectivity index (χ1n) is 7.81. The Kier molecular flexibility index (Phi) is 3.63. The molecule has 0 bridgehead atoms. The molecule has 0 spiro atoms. The monoisotopic (exact) mass is 312 g/mol. The lowest BCUT2D eigenvalue weighted by atomic mass is 10.1. The molecule has 0 aliphatic heterocycles. The summed E-state index contributed by atoms with van der Waals surface area (Å²) in [7, 11) is 0. The normalized spacial score (nSPS) is 10.8. The highest BCUT2D eigenvalue weighted by atomic mass is 14.9. The van der Waals surface area contributed by atoms with Gasteiger partial charge in [0.1, 0.15) is 5.69 Å². The van der Waals surface area contributed by atoms with E-state index >= 15 is 0 Å². The second kappa shape index (κ2) is 6.08. The summed E-state index contributed by atoms with van der Waals surface area (Å²) in [6, 6.07) is 21.7. The maximum absolute atomic E-state index is 6.03. The van der Waals surface area contributed by atoms with Crippen molar-refractivity contribution in [2.24, 2.45) is 0 Å². The van der Waals surface area contributed by atoms with Crippen LogP contribution < -0.4 is 5.73 Å². The first-order valence-corrected chi connectivity index (χ1v) is 7.81. The minimum absolute atomic E-state index is 0.636. The van der Waals surface area contributed by atoms with E-state index in [0.717, 1.165) is 33.5 Å². The predicted molar refractivity (Wildman–Crippen MR) is 96.4 cm³/mol. The molecule has 0 amide bonds. The van der Waals surface area contributed by atoms with Gasteiger partial charge in [-0.05, 0) is 29.8 Å². The smallest absolute Gasteiger partial charge is 0.178 e. The molecule has 4 nitrogen and oxygen atoms in total. The van der Waals surface area contributed by atoms with Crippen molar-refractivity contribution in [1.29, 1.82) is 0 Å². The Morgan fingerprint density at radius 2 is 1.62 bits per heavy atom. The van der Waals surface area contributed by atoms with E-state index in [1.807, 2.05) is 72.9 Å². The molecule has 116 valence electrons. The van der Waals surface area contributed by atoms with Gasteiger partial charge in [-0.25, -0.2) is 15.0 Å². The molecule has 4 aromatic rings. The standard InChI is InChI=1S/C20H16N4/c21-17-9-3-1-6-14(17)12-16-8-5-11-19(23-16)20-22-13-15-7-2-4-10-18(15)24-20/h1-11,13H,12,21H2. The van der Waals surface area contributed by atoms with Crippen molar-refractivity contribution in [2.45, 2.75) is 6.42 Å². The van der Waals surface area contributed by atoms with Crippen molar-refractivity contribution in [1.82, 2.24) is 15.0 Å². The third-order valence-corrected chi connectivity index (χ3v) is 3.95. The van der Waals surface area contributed by atoms with E-state index in [1.165, 1.54) is 0 Å². The zero-order chi connectivity index (χ0) is 16.4. The van der Waals surface area contributed by atoms with Crippen molar-refractivity contribution in [3.63, 3.8) is 0 Å². The molecule has 0 fully saturated rings. The average Bonchev–Trinajstić information content (AvgIpc) is 2.63. The summed E-state index contributed by atoms with van der Waals surface area (Å²) >= 11 is 0. The fourth-order valence-corrected chi connectivity index (χ4v) is 2.69. The van der Waals surface area contributed by atoms with Gasteiger partial charge < -0.3 is 5.73 Å². The third-order valence-electron chi connectivity index (χ3n) is 3.95. The van der Waals surface area contributed by atoms with Gasteiger partial charge in [-0.2, -0.15) is 0 Å². The number of rotatable bonds is 3. The SMILES string of the molecule is Nc1ccccc1Cc1cccc(-c2ncc3ccccc3n2)n1. The van der Waals surface area contributed by atoms with Crippen molar-refractivity contribution in [3.8, 4) is 11.5 Å². The fraction of sp³-hybridized carbons (Fsp3) is 0.0500. The van der Waals surface area contributed by atoms with Crippen molar-refractivity contribution >= 4 is 16.6 Å². The first-order chi connectivity index (χ1) is 11.8. The molecule has 4 rings (SSSR count). The van der Waals surface area contributed by atoms with Crippen molar-refractivity contribution in [2.75, 3.05) is 5.73 Å². The Morgan fingerprint density at radius 3 is 2.54 bits per heavy atom. The third kappa shape index (κ3) is 2.82. The Balaban J connectivity index is 1.70. The molecule has 0 radical (unpaired) electrons. The van der Waals surface area contributed by atoms with Gasteiger partial charge in [-0.1, -0.05) is 42.5 Å².